The molecule has 0 aromatic carbocycles. The lowest BCUT2D eigenvalue weighted by molar-refractivity contribution is -0.150. The van der Waals surface area contributed by atoms with Crippen molar-refractivity contribution in [1.82, 2.24) is 15.1 Å². The number of nitrogens with one attached hydrogen (secondary N) is 1. The molecular formula is C17H28FN3O4. The second-order valence-corrected chi connectivity index (χ2v) is 7.57. The number of urea groups is 1. The average Bonchev–Trinajstić information content (AvgIpc) is 2.97. The van der Waals surface area contributed by atoms with Crippen LogP contribution in [-0.2, 0) is 9.59 Å². The van der Waals surface area contributed by atoms with E-state index in [-0.39, 0.29) is 43.8 Å². The molecule has 2 aliphatic rings. The number of aliphatic carboxylic acids is 1. The molecule has 142 valence electrons. The summed E-state index contributed by atoms with van der Waals surface area (Å²) in [5, 5.41) is 11.8. The Hall–Kier alpha value is -1.86. The summed E-state index contributed by atoms with van der Waals surface area (Å²) in [7, 11) is 0. The Morgan fingerprint density at radius 1 is 1.28 bits per heavy atom. The summed E-state index contributed by atoms with van der Waals surface area (Å²) in [5.74, 6) is -1.33. The van der Waals surface area contributed by atoms with Crippen molar-refractivity contribution in [2.45, 2.75) is 45.2 Å². The smallest absolute Gasteiger partial charge is 0.343 e. The standard InChI is InChI=1S/C17H28FN3O4/c1-12(2)9-19-16(25)20-6-3-4-13(10-20)8-14(22)21-7-5-17(18,11-21)15(23)24/h12-13H,3-11H2,1-2H3,(H,19,25)(H,23,24). The van der Waals surface area contributed by atoms with E-state index in [1.807, 2.05) is 13.8 Å². The molecule has 2 aliphatic heterocycles. The number of carboxylic acids is 1. The molecule has 2 unspecified atom stereocenters. The van der Waals surface area contributed by atoms with Gasteiger partial charge in [-0.2, -0.15) is 0 Å². The van der Waals surface area contributed by atoms with Gasteiger partial charge in [0.05, 0.1) is 6.54 Å². The van der Waals surface area contributed by atoms with Gasteiger partial charge in [0.15, 0.2) is 0 Å². The maximum atomic E-state index is 14.1. The zero-order chi connectivity index (χ0) is 18.6. The number of carboxylic acid groups (broad SMARTS) is 1. The third kappa shape index (κ3) is 5.06. The molecule has 3 amide bonds. The predicted molar refractivity (Wildman–Crippen MR) is 89.8 cm³/mol. The summed E-state index contributed by atoms with van der Waals surface area (Å²) in [4.78, 5) is 38.5. The van der Waals surface area contributed by atoms with Crippen LogP contribution in [-0.4, -0.2) is 71.2 Å². The van der Waals surface area contributed by atoms with Crippen LogP contribution in [0.15, 0.2) is 0 Å². The molecule has 2 fully saturated rings. The van der Waals surface area contributed by atoms with Crippen LogP contribution in [0.4, 0.5) is 9.18 Å². The van der Waals surface area contributed by atoms with E-state index in [2.05, 4.69) is 5.32 Å². The Balaban J connectivity index is 1.83. The van der Waals surface area contributed by atoms with Gasteiger partial charge in [0.25, 0.3) is 0 Å². The number of rotatable bonds is 5. The molecule has 7 nitrogen and oxygen atoms in total. The van der Waals surface area contributed by atoms with Crippen molar-refractivity contribution >= 4 is 17.9 Å². The van der Waals surface area contributed by atoms with Crippen molar-refractivity contribution in [3.63, 3.8) is 0 Å². The molecule has 25 heavy (non-hydrogen) atoms. The number of carbonyl (C=O) groups excluding carboxylic acids is 2. The van der Waals surface area contributed by atoms with Crippen LogP contribution in [0.3, 0.4) is 0 Å². The normalized spacial score (nSPS) is 26.8. The predicted octanol–water partition coefficient (Wildman–Crippen LogP) is 1.48. The second kappa shape index (κ2) is 8.01. The molecular weight excluding hydrogens is 329 g/mol. The van der Waals surface area contributed by atoms with E-state index >= 15 is 0 Å². The molecule has 2 heterocycles. The number of hydrogen-bond donors (Lipinski definition) is 2. The first kappa shape index (κ1) is 19.5. The zero-order valence-corrected chi connectivity index (χ0v) is 15.0. The van der Waals surface area contributed by atoms with Crippen LogP contribution in [0.5, 0.6) is 0 Å². The lowest BCUT2D eigenvalue weighted by Crippen LogP contribution is -2.47. The quantitative estimate of drug-likeness (QED) is 0.780. The molecule has 0 aliphatic carbocycles. The highest BCUT2D eigenvalue weighted by atomic mass is 19.1. The SMILES string of the molecule is CC(C)CNC(=O)N1CCCC(CC(=O)N2CCC(F)(C(=O)O)C2)C1. The highest BCUT2D eigenvalue weighted by molar-refractivity contribution is 5.82. The van der Waals surface area contributed by atoms with Crippen LogP contribution < -0.4 is 5.32 Å². The van der Waals surface area contributed by atoms with Gasteiger partial charge < -0.3 is 20.2 Å². The maximum absolute atomic E-state index is 14.1. The van der Waals surface area contributed by atoms with Gasteiger partial charge in [-0.15, -0.1) is 0 Å². The lowest BCUT2D eigenvalue weighted by Gasteiger charge is -2.33. The minimum Gasteiger partial charge on any atom is -0.479 e. The van der Waals surface area contributed by atoms with Crippen LogP contribution in [0.2, 0.25) is 0 Å². The van der Waals surface area contributed by atoms with E-state index in [0.717, 1.165) is 12.8 Å². The van der Waals surface area contributed by atoms with E-state index in [4.69, 9.17) is 5.11 Å². The zero-order valence-electron chi connectivity index (χ0n) is 15.0. The minimum absolute atomic E-state index is 0.0329. The Bertz CT molecular complexity index is 528. The molecule has 0 radical (unpaired) electrons. The van der Waals surface area contributed by atoms with Crippen LogP contribution >= 0.6 is 0 Å². The number of carbonyl (C=O) groups is 3. The fourth-order valence-electron chi connectivity index (χ4n) is 3.36. The highest BCUT2D eigenvalue weighted by Gasteiger charge is 2.47. The average molecular weight is 357 g/mol. The van der Waals surface area contributed by atoms with Gasteiger partial charge in [-0.25, -0.2) is 14.0 Å². The van der Waals surface area contributed by atoms with Crippen LogP contribution in [0.25, 0.3) is 0 Å². The van der Waals surface area contributed by atoms with Crippen molar-refractivity contribution in [1.29, 1.82) is 0 Å². The monoisotopic (exact) mass is 357 g/mol. The Morgan fingerprint density at radius 2 is 2.00 bits per heavy atom. The second-order valence-electron chi connectivity index (χ2n) is 7.57. The molecule has 0 spiro atoms. The minimum atomic E-state index is -2.33. The number of amides is 3. The fourth-order valence-corrected chi connectivity index (χ4v) is 3.36. The van der Waals surface area contributed by atoms with Crippen molar-refractivity contribution < 1.29 is 23.9 Å². The van der Waals surface area contributed by atoms with Gasteiger partial charge in [-0.1, -0.05) is 13.8 Å². The molecule has 0 aromatic rings. The van der Waals surface area contributed by atoms with E-state index < -0.39 is 11.6 Å². The topological polar surface area (TPSA) is 90.0 Å². The van der Waals surface area contributed by atoms with Crippen molar-refractivity contribution in [3.8, 4) is 0 Å². The number of halogens is 1. The molecule has 2 saturated heterocycles. The first-order valence-electron chi connectivity index (χ1n) is 8.94. The molecule has 2 rings (SSSR count). The van der Waals surface area contributed by atoms with Gasteiger partial charge in [0.1, 0.15) is 0 Å². The lowest BCUT2D eigenvalue weighted by atomic mass is 9.94. The molecule has 2 atom stereocenters. The van der Waals surface area contributed by atoms with E-state index in [0.29, 0.717) is 25.6 Å². The molecule has 2 N–H and O–H groups in total. The first-order chi connectivity index (χ1) is 11.7. The van der Waals surface area contributed by atoms with Crippen molar-refractivity contribution in [2.75, 3.05) is 32.7 Å². The summed E-state index contributed by atoms with van der Waals surface area (Å²) < 4.78 is 14.1. The summed E-state index contributed by atoms with van der Waals surface area (Å²) >= 11 is 0. The summed E-state index contributed by atoms with van der Waals surface area (Å²) in [6.07, 6.45) is 1.73. The summed E-state index contributed by atoms with van der Waals surface area (Å²) in [6, 6.07) is -0.110. The van der Waals surface area contributed by atoms with Crippen molar-refractivity contribution in [3.05, 3.63) is 0 Å². The summed E-state index contributed by atoms with van der Waals surface area (Å²) in [6.45, 7) is 5.58. The van der Waals surface area contributed by atoms with Crippen LogP contribution in [0, 0.1) is 11.8 Å². The number of nitrogens with zero attached hydrogens (tertiary/aromatic N) is 2. The number of hydrogen-bond acceptors (Lipinski definition) is 3. The van der Waals surface area contributed by atoms with Crippen LogP contribution in [0.1, 0.15) is 39.5 Å². The first-order valence-corrected chi connectivity index (χ1v) is 8.94. The van der Waals surface area contributed by atoms with Gasteiger partial charge >= 0.3 is 12.0 Å². The third-order valence-corrected chi connectivity index (χ3v) is 4.89. The van der Waals surface area contributed by atoms with Gasteiger partial charge in [-0.05, 0) is 24.7 Å². The molecule has 8 heteroatoms. The maximum Gasteiger partial charge on any atom is 0.343 e. The summed E-state index contributed by atoms with van der Waals surface area (Å²) in [5.41, 5.74) is -2.33. The number of alkyl halides is 1. The Kier molecular flexibility index (Phi) is 6.24. The highest BCUT2D eigenvalue weighted by Crippen LogP contribution is 2.28. The molecule has 0 saturated carbocycles. The number of piperidine rings is 1. The Labute approximate surface area is 147 Å². The largest absolute Gasteiger partial charge is 0.479 e. The van der Waals surface area contributed by atoms with E-state index in [9.17, 15) is 18.8 Å². The molecule has 0 aromatic heterocycles. The molecule has 0 bridgehead atoms. The van der Waals surface area contributed by atoms with Gasteiger partial charge in [0, 0.05) is 39.0 Å². The van der Waals surface area contributed by atoms with Gasteiger partial charge in [0.2, 0.25) is 11.6 Å². The van der Waals surface area contributed by atoms with Crippen molar-refractivity contribution in [2.24, 2.45) is 11.8 Å². The van der Waals surface area contributed by atoms with E-state index in [1.54, 1.807) is 4.90 Å². The number of likely N-dealkylation sites (tertiary alicyclic amines) is 2. The van der Waals surface area contributed by atoms with Gasteiger partial charge in [-0.3, -0.25) is 4.79 Å². The fraction of sp³-hybridized carbons (Fsp3) is 0.824. The van der Waals surface area contributed by atoms with E-state index in [1.165, 1.54) is 4.90 Å². The third-order valence-electron chi connectivity index (χ3n) is 4.89. The Morgan fingerprint density at radius 3 is 2.60 bits per heavy atom.